The first-order chi connectivity index (χ1) is 7.63. The van der Waals surface area contributed by atoms with E-state index in [0.29, 0.717) is 12.6 Å². The molecule has 0 bridgehead atoms. The van der Waals surface area contributed by atoms with Crippen LogP contribution in [-0.2, 0) is 9.53 Å². The number of esters is 1. The van der Waals surface area contributed by atoms with Crippen LogP contribution in [0.5, 0.6) is 0 Å². The Morgan fingerprint density at radius 3 is 2.94 bits per heavy atom. The van der Waals surface area contributed by atoms with E-state index in [9.17, 15) is 4.79 Å². The van der Waals surface area contributed by atoms with Crippen LogP contribution in [0.15, 0.2) is 0 Å². The van der Waals surface area contributed by atoms with E-state index in [0.717, 1.165) is 32.2 Å². The maximum absolute atomic E-state index is 11.5. The van der Waals surface area contributed by atoms with Gasteiger partial charge in [0.05, 0.1) is 12.6 Å². The highest BCUT2D eigenvalue weighted by atomic mass is 16.5. The average Bonchev–Trinajstić information content (AvgIpc) is 2.61. The highest BCUT2D eigenvalue weighted by Gasteiger charge is 2.26. The second-order valence-electron chi connectivity index (χ2n) is 4.67. The van der Waals surface area contributed by atoms with Gasteiger partial charge in [0.25, 0.3) is 0 Å². The number of carbonyl (C=O) groups excluding carboxylic acids is 1. The van der Waals surface area contributed by atoms with Crippen molar-refractivity contribution in [3.63, 3.8) is 0 Å². The van der Waals surface area contributed by atoms with Gasteiger partial charge in [-0.25, -0.2) is 0 Å². The van der Waals surface area contributed by atoms with Crippen molar-refractivity contribution < 1.29 is 14.6 Å². The molecule has 0 aromatic carbocycles. The molecule has 1 unspecified atom stereocenters. The van der Waals surface area contributed by atoms with Gasteiger partial charge >= 0.3 is 5.97 Å². The zero-order valence-electron chi connectivity index (χ0n) is 10.3. The molecule has 0 aromatic rings. The van der Waals surface area contributed by atoms with E-state index < -0.39 is 0 Å². The molecule has 0 radical (unpaired) electrons. The molecule has 1 heterocycles. The molecule has 4 nitrogen and oxygen atoms in total. The minimum Gasteiger partial charge on any atom is -0.462 e. The Morgan fingerprint density at radius 2 is 2.31 bits per heavy atom. The predicted octanol–water partition coefficient (Wildman–Crippen LogP) is 1.17. The summed E-state index contributed by atoms with van der Waals surface area (Å²) in [6, 6.07) is 0.451. The third kappa shape index (κ3) is 4.49. The van der Waals surface area contributed by atoms with Gasteiger partial charge in [-0.3, -0.25) is 9.69 Å². The Bertz CT molecular complexity index is 218. The van der Waals surface area contributed by atoms with Crippen LogP contribution >= 0.6 is 0 Å². The van der Waals surface area contributed by atoms with Gasteiger partial charge in [0.1, 0.15) is 0 Å². The summed E-state index contributed by atoms with van der Waals surface area (Å²) in [5.41, 5.74) is 0. The largest absolute Gasteiger partial charge is 0.462 e. The van der Waals surface area contributed by atoms with Crippen molar-refractivity contribution in [3.05, 3.63) is 0 Å². The number of hydrogen-bond donors (Lipinski definition) is 1. The molecule has 1 aliphatic heterocycles. The van der Waals surface area contributed by atoms with Crippen molar-refractivity contribution in [3.8, 4) is 0 Å². The van der Waals surface area contributed by atoms with Crippen LogP contribution in [0.3, 0.4) is 0 Å². The van der Waals surface area contributed by atoms with Gasteiger partial charge in [-0.2, -0.15) is 0 Å². The highest BCUT2D eigenvalue weighted by molar-refractivity contribution is 5.71. The third-order valence-corrected chi connectivity index (χ3v) is 2.89. The molecular weight excluding hydrogens is 206 g/mol. The fraction of sp³-hybridized carbons (Fsp3) is 0.917. The molecule has 16 heavy (non-hydrogen) atoms. The normalized spacial score (nSPS) is 21.6. The molecule has 94 valence electrons. The van der Waals surface area contributed by atoms with E-state index in [1.807, 2.05) is 13.8 Å². The van der Waals surface area contributed by atoms with Crippen molar-refractivity contribution in [1.82, 2.24) is 4.90 Å². The SMILES string of the molecule is CC(C)OC(=O)CN1CCCC1CCCO. The Labute approximate surface area is 97.6 Å². The van der Waals surface area contributed by atoms with Crippen molar-refractivity contribution >= 4 is 5.97 Å². The van der Waals surface area contributed by atoms with E-state index in [4.69, 9.17) is 9.84 Å². The van der Waals surface area contributed by atoms with E-state index in [-0.39, 0.29) is 18.7 Å². The predicted molar refractivity (Wildman–Crippen MR) is 62.1 cm³/mol. The van der Waals surface area contributed by atoms with E-state index in [1.54, 1.807) is 0 Å². The molecule has 1 rings (SSSR count). The van der Waals surface area contributed by atoms with E-state index >= 15 is 0 Å². The molecule has 1 aliphatic rings. The first-order valence-electron chi connectivity index (χ1n) is 6.18. The van der Waals surface area contributed by atoms with Crippen LogP contribution in [0.1, 0.15) is 39.5 Å². The highest BCUT2D eigenvalue weighted by Crippen LogP contribution is 2.20. The standard InChI is InChI=1S/C12H23NO3/c1-10(2)16-12(15)9-13-7-3-5-11(13)6-4-8-14/h10-11,14H,3-9H2,1-2H3. The van der Waals surface area contributed by atoms with Gasteiger partial charge in [-0.05, 0) is 46.1 Å². The van der Waals surface area contributed by atoms with Gasteiger partial charge in [0.15, 0.2) is 0 Å². The Hall–Kier alpha value is -0.610. The van der Waals surface area contributed by atoms with Gasteiger partial charge in [-0.15, -0.1) is 0 Å². The summed E-state index contributed by atoms with van der Waals surface area (Å²) in [4.78, 5) is 13.7. The van der Waals surface area contributed by atoms with E-state index in [1.165, 1.54) is 0 Å². The molecule has 1 N–H and O–H groups in total. The molecule has 4 heteroatoms. The maximum atomic E-state index is 11.5. The van der Waals surface area contributed by atoms with Crippen molar-refractivity contribution in [2.45, 2.75) is 51.7 Å². The van der Waals surface area contributed by atoms with Gasteiger partial charge in [-0.1, -0.05) is 0 Å². The van der Waals surface area contributed by atoms with Gasteiger partial charge < -0.3 is 9.84 Å². The van der Waals surface area contributed by atoms with Crippen LogP contribution in [0.25, 0.3) is 0 Å². The average molecular weight is 229 g/mol. The smallest absolute Gasteiger partial charge is 0.320 e. The van der Waals surface area contributed by atoms with Crippen LogP contribution in [-0.4, -0.2) is 47.8 Å². The van der Waals surface area contributed by atoms with Crippen molar-refractivity contribution in [2.75, 3.05) is 19.7 Å². The van der Waals surface area contributed by atoms with E-state index in [2.05, 4.69) is 4.90 Å². The molecule has 0 saturated carbocycles. The fourth-order valence-electron chi connectivity index (χ4n) is 2.22. The Morgan fingerprint density at radius 1 is 1.56 bits per heavy atom. The minimum absolute atomic E-state index is 0.0361. The summed E-state index contributed by atoms with van der Waals surface area (Å²) in [5, 5.41) is 8.80. The number of ether oxygens (including phenoxy) is 1. The molecule has 0 aliphatic carbocycles. The topological polar surface area (TPSA) is 49.8 Å². The Kier molecular flexibility index (Phi) is 5.77. The zero-order chi connectivity index (χ0) is 12.0. The quantitative estimate of drug-likeness (QED) is 0.695. The first kappa shape index (κ1) is 13.5. The summed E-state index contributed by atoms with van der Waals surface area (Å²) in [6.07, 6.45) is 4.04. The molecule has 1 saturated heterocycles. The summed E-state index contributed by atoms with van der Waals surface area (Å²) in [5.74, 6) is -0.133. The molecule has 0 amide bonds. The molecule has 0 spiro atoms. The van der Waals surface area contributed by atoms with Crippen LogP contribution in [0, 0.1) is 0 Å². The zero-order valence-corrected chi connectivity index (χ0v) is 10.3. The lowest BCUT2D eigenvalue weighted by atomic mass is 10.1. The number of aliphatic hydroxyl groups is 1. The summed E-state index contributed by atoms with van der Waals surface area (Å²) >= 11 is 0. The second-order valence-corrected chi connectivity index (χ2v) is 4.67. The number of nitrogens with zero attached hydrogens (tertiary/aromatic N) is 1. The Balaban J connectivity index is 2.31. The summed E-state index contributed by atoms with van der Waals surface area (Å²) in [7, 11) is 0. The molecule has 1 fully saturated rings. The molecule has 0 aromatic heterocycles. The second kappa shape index (κ2) is 6.86. The number of aliphatic hydroxyl groups excluding tert-OH is 1. The number of rotatable bonds is 6. The molecular formula is C12H23NO3. The number of hydrogen-bond acceptors (Lipinski definition) is 4. The van der Waals surface area contributed by atoms with Crippen molar-refractivity contribution in [1.29, 1.82) is 0 Å². The lowest BCUT2D eigenvalue weighted by molar-refractivity contribution is -0.148. The van der Waals surface area contributed by atoms with Crippen LogP contribution in [0.4, 0.5) is 0 Å². The fourth-order valence-corrected chi connectivity index (χ4v) is 2.22. The first-order valence-corrected chi connectivity index (χ1v) is 6.18. The lowest BCUT2D eigenvalue weighted by Gasteiger charge is -2.23. The van der Waals surface area contributed by atoms with Gasteiger partial charge in [0.2, 0.25) is 0 Å². The number of carbonyl (C=O) groups is 1. The summed E-state index contributed by atoms with van der Waals surface area (Å²) < 4.78 is 5.13. The lowest BCUT2D eigenvalue weighted by Crippen LogP contribution is -2.36. The van der Waals surface area contributed by atoms with Crippen molar-refractivity contribution in [2.24, 2.45) is 0 Å². The van der Waals surface area contributed by atoms with Crippen LogP contribution < -0.4 is 0 Å². The summed E-state index contributed by atoms with van der Waals surface area (Å²) in [6.45, 7) is 5.34. The monoisotopic (exact) mass is 229 g/mol. The molecule has 1 atom stereocenters. The van der Waals surface area contributed by atoms with Crippen LogP contribution in [0.2, 0.25) is 0 Å². The minimum atomic E-state index is -0.133. The van der Waals surface area contributed by atoms with Gasteiger partial charge in [0, 0.05) is 12.6 Å². The third-order valence-electron chi connectivity index (χ3n) is 2.89. The number of likely N-dealkylation sites (tertiary alicyclic amines) is 1. The maximum Gasteiger partial charge on any atom is 0.320 e.